The highest BCUT2D eigenvalue weighted by Gasteiger charge is 2.23. The molecule has 2 aromatic heterocycles. The number of benzene rings is 1. The van der Waals surface area contributed by atoms with E-state index in [1.165, 1.54) is 32.1 Å². The molecule has 36 heavy (non-hydrogen) atoms. The second-order valence-corrected chi connectivity index (χ2v) is 9.98. The molecule has 194 valence electrons. The zero-order valence-electron chi connectivity index (χ0n) is 22.2. The van der Waals surface area contributed by atoms with Gasteiger partial charge in [-0.1, -0.05) is 36.6 Å². The summed E-state index contributed by atoms with van der Waals surface area (Å²) in [5, 5.41) is 17.2. The SMILES string of the molecule is CNCC(O)COc1cccc(-c2nc(-c3c(C)noc3C)c(C)c(N(C)CC3CCCCC3)n2)c1. The normalized spacial score (nSPS) is 15.2. The third-order valence-electron chi connectivity index (χ3n) is 6.98. The van der Waals surface area contributed by atoms with Gasteiger partial charge in [0, 0.05) is 31.3 Å². The van der Waals surface area contributed by atoms with Crippen molar-refractivity contribution < 1.29 is 14.4 Å². The predicted molar refractivity (Wildman–Crippen MR) is 142 cm³/mol. The molecule has 0 aliphatic heterocycles. The molecule has 3 aromatic rings. The van der Waals surface area contributed by atoms with Crippen LogP contribution in [-0.4, -0.2) is 60.1 Å². The molecule has 1 aromatic carbocycles. The number of aliphatic hydroxyl groups is 1. The van der Waals surface area contributed by atoms with Crippen molar-refractivity contribution in [1.29, 1.82) is 0 Å². The second kappa shape index (κ2) is 11.8. The number of rotatable bonds is 10. The molecule has 2 heterocycles. The van der Waals surface area contributed by atoms with Crippen molar-refractivity contribution in [3.8, 4) is 28.4 Å². The first-order chi connectivity index (χ1) is 17.4. The van der Waals surface area contributed by atoms with Crippen molar-refractivity contribution >= 4 is 5.82 Å². The van der Waals surface area contributed by atoms with Crippen molar-refractivity contribution in [1.82, 2.24) is 20.4 Å². The van der Waals surface area contributed by atoms with Gasteiger partial charge in [-0.25, -0.2) is 9.97 Å². The lowest BCUT2D eigenvalue weighted by atomic mass is 9.89. The van der Waals surface area contributed by atoms with Crippen LogP contribution in [0.1, 0.15) is 49.1 Å². The molecule has 1 aliphatic rings. The van der Waals surface area contributed by atoms with Crippen molar-refractivity contribution in [3.05, 3.63) is 41.3 Å². The van der Waals surface area contributed by atoms with Gasteiger partial charge in [-0.2, -0.15) is 0 Å². The van der Waals surface area contributed by atoms with E-state index in [1.54, 1.807) is 7.05 Å². The van der Waals surface area contributed by atoms with Crippen LogP contribution in [0.15, 0.2) is 28.8 Å². The van der Waals surface area contributed by atoms with Gasteiger partial charge >= 0.3 is 0 Å². The predicted octanol–water partition coefficient (Wildman–Crippen LogP) is 4.70. The van der Waals surface area contributed by atoms with Crippen LogP contribution in [0.25, 0.3) is 22.6 Å². The summed E-state index contributed by atoms with van der Waals surface area (Å²) in [7, 11) is 3.94. The summed E-state index contributed by atoms with van der Waals surface area (Å²) in [5.74, 6) is 3.66. The van der Waals surface area contributed by atoms with Crippen LogP contribution in [0.5, 0.6) is 5.75 Å². The quantitative estimate of drug-likeness (QED) is 0.420. The Hall–Kier alpha value is -2.97. The second-order valence-electron chi connectivity index (χ2n) is 9.98. The van der Waals surface area contributed by atoms with E-state index in [2.05, 4.69) is 29.3 Å². The molecule has 1 saturated carbocycles. The maximum Gasteiger partial charge on any atom is 0.162 e. The largest absolute Gasteiger partial charge is 0.491 e. The minimum Gasteiger partial charge on any atom is -0.491 e. The highest BCUT2D eigenvalue weighted by Crippen LogP contribution is 2.35. The summed E-state index contributed by atoms with van der Waals surface area (Å²) in [6.07, 6.45) is 5.94. The number of hydrogen-bond acceptors (Lipinski definition) is 8. The first kappa shape index (κ1) is 26.1. The first-order valence-electron chi connectivity index (χ1n) is 13.0. The molecule has 1 aliphatic carbocycles. The van der Waals surface area contributed by atoms with Gasteiger partial charge in [0.2, 0.25) is 0 Å². The molecule has 1 fully saturated rings. The molecule has 1 unspecified atom stereocenters. The molecular weight excluding hydrogens is 454 g/mol. The summed E-state index contributed by atoms with van der Waals surface area (Å²) in [4.78, 5) is 12.3. The highest BCUT2D eigenvalue weighted by molar-refractivity contribution is 5.74. The van der Waals surface area contributed by atoms with Crippen LogP contribution in [0, 0.1) is 26.7 Å². The summed E-state index contributed by atoms with van der Waals surface area (Å²) >= 11 is 0. The van der Waals surface area contributed by atoms with Crippen LogP contribution in [0.2, 0.25) is 0 Å². The Labute approximate surface area is 214 Å². The topological polar surface area (TPSA) is 96.5 Å². The maximum atomic E-state index is 10.0. The van der Waals surface area contributed by atoms with Crippen LogP contribution >= 0.6 is 0 Å². The Morgan fingerprint density at radius 2 is 1.94 bits per heavy atom. The molecule has 0 saturated heterocycles. The fourth-order valence-corrected chi connectivity index (χ4v) is 5.13. The summed E-state index contributed by atoms with van der Waals surface area (Å²) < 4.78 is 11.3. The van der Waals surface area contributed by atoms with Crippen molar-refractivity contribution in [2.24, 2.45) is 5.92 Å². The third kappa shape index (κ3) is 6.05. The van der Waals surface area contributed by atoms with E-state index in [4.69, 9.17) is 19.2 Å². The Morgan fingerprint density at radius 1 is 1.17 bits per heavy atom. The molecule has 2 N–H and O–H groups in total. The number of nitrogens with one attached hydrogen (secondary N) is 1. The number of likely N-dealkylation sites (N-methyl/N-ethyl adjacent to an activating group) is 1. The zero-order chi connectivity index (χ0) is 25.7. The van der Waals surface area contributed by atoms with Gasteiger partial charge in [0.25, 0.3) is 0 Å². The molecule has 0 radical (unpaired) electrons. The van der Waals surface area contributed by atoms with E-state index in [-0.39, 0.29) is 6.61 Å². The molecule has 0 amide bonds. The lowest BCUT2D eigenvalue weighted by Crippen LogP contribution is -2.29. The Bertz CT molecular complexity index is 1140. The van der Waals surface area contributed by atoms with E-state index in [1.807, 2.05) is 38.1 Å². The number of anilines is 1. The average Bonchev–Trinajstić information content (AvgIpc) is 3.21. The minimum absolute atomic E-state index is 0.207. The number of aromatic nitrogens is 3. The van der Waals surface area contributed by atoms with Gasteiger partial charge in [0.05, 0.1) is 17.0 Å². The van der Waals surface area contributed by atoms with Crippen molar-refractivity contribution in [3.63, 3.8) is 0 Å². The number of nitrogens with zero attached hydrogens (tertiary/aromatic N) is 4. The number of ether oxygens (including phenoxy) is 1. The summed E-state index contributed by atoms with van der Waals surface area (Å²) in [6, 6.07) is 7.73. The molecular formula is C28H39N5O3. The maximum absolute atomic E-state index is 10.0. The minimum atomic E-state index is -0.583. The summed E-state index contributed by atoms with van der Waals surface area (Å²) in [6.45, 7) is 7.61. The fourth-order valence-electron chi connectivity index (χ4n) is 5.13. The third-order valence-corrected chi connectivity index (χ3v) is 6.98. The number of aryl methyl sites for hydroxylation is 2. The molecule has 0 spiro atoms. The van der Waals surface area contributed by atoms with Crippen LogP contribution in [0.4, 0.5) is 5.82 Å². The van der Waals surface area contributed by atoms with Crippen molar-refractivity contribution in [2.75, 3.05) is 38.7 Å². The smallest absolute Gasteiger partial charge is 0.162 e. The van der Waals surface area contributed by atoms with Crippen LogP contribution in [0.3, 0.4) is 0 Å². The van der Waals surface area contributed by atoms with Gasteiger partial charge in [0.15, 0.2) is 5.82 Å². The highest BCUT2D eigenvalue weighted by atomic mass is 16.5. The van der Waals surface area contributed by atoms with E-state index >= 15 is 0 Å². The van der Waals surface area contributed by atoms with Crippen LogP contribution in [-0.2, 0) is 0 Å². The first-order valence-corrected chi connectivity index (χ1v) is 13.0. The van der Waals surface area contributed by atoms with E-state index in [9.17, 15) is 5.11 Å². The Kier molecular flexibility index (Phi) is 8.59. The van der Waals surface area contributed by atoms with Gasteiger partial charge in [-0.15, -0.1) is 0 Å². The van der Waals surface area contributed by atoms with Gasteiger partial charge in [-0.3, -0.25) is 0 Å². The molecule has 1 atom stereocenters. The van der Waals surface area contributed by atoms with Crippen molar-refractivity contribution in [2.45, 2.75) is 59.0 Å². The van der Waals surface area contributed by atoms with E-state index < -0.39 is 6.10 Å². The van der Waals surface area contributed by atoms with Gasteiger partial charge in [-0.05, 0) is 58.7 Å². The van der Waals surface area contributed by atoms with Crippen LogP contribution < -0.4 is 15.0 Å². The van der Waals surface area contributed by atoms with Gasteiger partial charge in [0.1, 0.15) is 30.0 Å². The van der Waals surface area contributed by atoms with E-state index in [0.29, 0.717) is 24.0 Å². The standard InChI is InChI=1S/C28H39N5O3/c1-18-26(25-19(2)32-36-20(25)3)30-27(31-28(18)33(5)16-21-10-7-6-8-11-21)22-12-9-13-24(14-22)35-17-23(34)15-29-4/h9,12-14,21,23,29,34H,6-8,10-11,15-17H2,1-5H3. The molecule has 8 nitrogen and oxygen atoms in total. The number of aliphatic hydroxyl groups excluding tert-OH is 1. The lowest BCUT2D eigenvalue weighted by molar-refractivity contribution is 0.108. The Morgan fingerprint density at radius 3 is 2.64 bits per heavy atom. The molecule has 0 bridgehead atoms. The monoisotopic (exact) mass is 493 g/mol. The molecule has 8 heteroatoms. The number of hydrogen-bond donors (Lipinski definition) is 2. The molecule has 4 rings (SSSR count). The van der Waals surface area contributed by atoms with E-state index in [0.717, 1.165) is 46.2 Å². The Balaban J connectivity index is 1.71. The lowest BCUT2D eigenvalue weighted by Gasteiger charge is -2.29. The zero-order valence-corrected chi connectivity index (χ0v) is 22.2. The summed E-state index contributed by atoms with van der Waals surface area (Å²) in [5.41, 5.74) is 4.46. The fraction of sp³-hybridized carbons (Fsp3) is 0.536. The average molecular weight is 494 g/mol. The van der Waals surface area contributed by atoms with Gasteiger partial charge < -0.3 is 24.6 Å².